The lowest BCUT2D eigenvalue weighted by atomic mass is 9.97. The Morgan fingerprint density at radius 2 is 1.59 bits per heavy atom. The van der Waals surface area contributed by atoms with Crippen molar-refractivity contribution in [3.8, 4) is 0 Å². The molecule has 34 heavy (non-hydrogen) atoms. The van der Waals surface area contributed by atoms with Crippen LogP contribution in [0.3, 0.4) is 0 Å². The summed E-state index contributed by atoms with van der Waals surface area (Å²) >= 11 is 1.51. The molecule has 2 saturated heterocycles. The van der Waals surface area contributed by atoms with Crippen LogP contribution in [0.4, 0.5) is 0 Å². The number of hydrogen-bond donors (Lipinski definition) is 0. The molecule has 174 valence electrons. The van der Waals surface area contributed by atoms with E-state index in [1.165, 1.54) is 11.8 Å². The topological polar surface area (TPSA) is 85.7 Å². The lowest BCUT2D eigenvalue weighted by Crippen LogP contribution is -2.61. The van der Waals surface area contributed by atoms with Gasteiger partial charge in [-0.25, -0.2) is 0 Å². The largest absolute Gasteiger partial charge is 0.370 e. The van der Waals surface area contributed by atoms with Gasteiger partial charge in [-0.15, -0.1) is 0 Å². The maximum atomic E-state index is 9.40. The van der Waals surface area contributed by atoms with Crippen molar-refractivity contribution >= 4 is 11.8 Å². The summed E-state index contributed by atoms with van der Waals surface area (Å²) in [5, 5.41) is 4.13. The zero-order valence-electron chi connectivity index (χ0n) is 18.4. The Bertz CT molecular complexity index is 1100. The van der Waals surface area contributed by atoms with E-state index >= 15 is 0 Å². The Hall–Kier alpha value is -2.84. The molecule has 8 heteroatoms. The van der Waals surface area contributed by atoms with Crippen molar-refractivity contribution in [1.29, 1.82) is 0 Å². The third kappa shape index (κ3) is 5.28. The molecule has 5 rings (SSSR count). The van der Waals surface area contributed by atoms with Gasteiger partial charge in [0, 0.05) is 15.4 Å². The van der Waals surface area contributed by atoms with E-state index < -0.39 is 30.0 Å². The molecule has 0 aromatic heterocycles. The lowest BCUT2D eigenvalue weighted by molar-refractivity contribution is -0.311. The highest BCUT2D eigenvalue weighted by atomic mass is 32.2. The molecule has 0 aliphatic carbocycles. The summed E-state index contributed by atoms with van der Waals surface area (Å²) in [5.74, 6) is 0. The third-order valence-electron chi connectivity index (χ3n) is 5.84. The van der Waals surface area contributed by atoms with Gasteiger partial charge in [-0.05, 0) is 23.2 Å². The molecule has 0 spiro atoms. The summed E-state index contributed by atoms with van der Waals surface area (Å²) in [7, 11) is 0. The molecular weight excluding hydrogens is 450 g/mol. The number of fused-ring (bicyclic) bond motifs is 1. The summed E-state index contributed by atoms with van der Waals surface area (Å²) in [6.45, 7) is 0.722. The molecule has 0 bridgehead atoms. The smallest absolute Gasteiger partial charge is 0.184 e. The molecule has 7 nitrogen and oxygen atoms in total. The van der Waals surface area contributed by atoms with Gasteiger partial charge in [0.15, 0.2) is 6.29 Å². The molecule has 3 unspecified atom stereocenters. The van der Waals surface area contributed by atoms with Crippen molar-refractivity contribution in [2.24, 2.45) is 5.11 Å². The molecule has 0 amide bonds. The highest BCUT2D eigenvalue weighted by molar-refractivity contribution is 7.99. The molecule has 2 heterocycles. The van der Waals surface area contributed by atoms with Crippen molar-refractivity contribution in [2.45, 2.75) is 47.6 Å². The maximum Gasteiger partial charge on any atom is 0.184 e. The van der Waals surface area contributed by atoms with Crippen LogP contribution in [0.25, 0.3) is 10.4 Å². The SMILES string of the molecule is [N-]=[N+]=NC1[C@@H](OCc2ccccc2)[C@@H]2OC(c3ccccc3)OCC2O[C@H]1Sc1ccccc1. The average molecular weight is 476 g/mol. The molecule has 0 N–H and O–H groups in total. The van der Waals surface area contributed by atoms with E-state index in [1.54, 1.807) is 0 Å². The van der Waals surface area contributed by atoms with Crippen molar-refractivity contribution in [3.63, 3.8) is 0 Å². The van der Waals surface area contributed by atoms with Crippen molar-refractivity contribution in [1.82, 2.24) is 0 Å². The van der Waals surface area contributed by atoms with Gasteiger partial charge < -0.3 is 18.9 Å². The van der Waals surface area contributed by atoms with Gasteiger partial charge >= 0.3 is 0 Å². The van der Waals surface area contributed by atoms with E-state index in [0.717, 1.165) is 16.0 Å². The molecule has 3 aromatic carbocycles. The Labute approximate surface area is 202 Å². The van der Waals surface area contributed by atoms with Crippen LogP contribution >= 0.6 is 11.8 Å². The molecule has 2 aliphatic rings. The van der Waals surface area contributed by atoms with Gasteiger partial charge in [0.05, 0.1) is 19.3 Å². The van der Waals surface area contributed by atoms with E-state index in [9.17, 15) is 5.53 Å². The molecule has 0 radical (unpaired) electrons. The first kappa shape index (κ1) is 22.9. The van der Waals surface area contributed by atoms with Crippen LogP contribution in [0.5, 0.6) is 0 Å². The molecule has 2 aliphatic heterocycles. The fraction of sp³-hybridized carbons (Fsp3) is 0.308. The van der Waals surface area contributed by atoms with Crippen LogP contribution < -0.4 is 0 Å². The Morgan fingerprint density at radius 3 is 2.29 bits per heavy atom. The maximum absolute atomic E-state index is 9.40. The predicted octanol–water partition coefficient (Wildman–Crippen LogP) is 5.88. The zero-order valence-corrected chi connectivity index (χ0v) is 19.2. The Kier molecular flexibility index (Phi) is 7.46. The molecule has 0 saturated carbocycles. The number of azide groups is 1. The van der Waals surface area contributed by atoms with Crippen LogP contribution in [0, 0.1) is 0 Å². The van der Waals surface area contributed by atoms with Crippen molar-refractivity contribution < 1.29 is 18.9 Å². The summed E-state index contributed by atoms with van der Waals surface area (Å²) in [4.78, 5) is 4.16. The minimum Gasteiger partial charge on any atom is -0.370 e. The van der Waals surface area contributed by atoms with Gasteiger partial charge in [-0.1, -0.05) is 95.7 Å². The normalized spacial score (nSPS) is 28.5. The van der Waals surface area contributed by atoms with E-state index in [1.807, 2.05) is 91.0 Å². The van der Waals surface area contributed by atoms with Crippen molar-refractivity contribution in [3.05, 3.63) is 113 Å². The average Bonchev–Trinajstić information content (AvgIpc) is 2.90. The number of thioether (sulfide) groups is 1. The van der Waals surface area contributed by atoms with Gasteiger partial charge in [0.2, 0.25) is 0 Å². The minimum absolute atomic E-state index is 0.351. The second kappa shape index (κ2) is 11.1. The summed E-state index contributed by atoms with van der Waals surface area (Å²) < 4.78 is 25.2. The second-order valence-electron chi connectivity index (χ2n) is 8.11. The van der Waals surface area contributed by atoms with Crippen LogP contribution in [0.1, 0.15) is 17.4 Å². The highest BCUT2D eigenvalue weighted by Gasteiger charge is 2.50. The number of benzene rings is 3. The molecule has 6 atom stereocenters. The fourth-order valence-electron chi connectivity index (χ4n) is 4.21. The summed E-state index contributed by atoms with van der Waals surface area (Å²) in [6.07, 6.45) is -1.86. The van der Waals surface area contributed by atoms with E-state index in [-0.39, 0.29) is 6.10 Å². The van der Waals surface area contributed by atoms with Crippen LogP contribution in [-0.2, 0) is 25.6 Å². The number of rotatable bonds is 7. The monoisotopic (exact) mass is 475 g/mol. The number of nitrogens with zero attached hydrogens (tertiary/aromatic N) is 3. The quantitative estimate of drug-likeness (QED) is 0.242. The first-order valence-electron chi connectivity index (χ1n) is 11.2. The van der Waals surface area contributed by atoms with Gasteiger partial charge in [-0.2, -0.15) is 0 Å². The van der Waals surface area contributed by atoms with E-state index in [0.29, 0.717) is 13.2 Å². The summed E-state index contributed by atoms with van der Waals surface area (Å²) in [5.41, 5.74) is 10.9. The molecule has 3 aromatic rings. The first-order chi connectivity index (χ1) is 16.8. The van der Waals surface area contributed by atoms with Crippen molar-refractivity contribution in [2.75, 3.05) is 6.61 Å². The predicted molar refractivity (Wildman–Crippen MR) is 129 cm³/mol. The third-order valence-corrected chi connectivity index (χ3v) is 7.01. The van der Waals surface area contributed by atoms with E-state index in [2.05, 4.69) is 10.0 Å². The molecular formula is C26H25N3O4S. The van der Waals surface area contributed by atoms with Gasteiger partial charge in [0.1, 0.15) is 23.7 Å². The van der Waals surface area contributed by atoms with Crippen LogP contribution in [0.2, 0.25) is 0 Å². The number of hydrogen-bond acceptors (Lipinski definition) is 6. The van der Waals surface area contributed by atoms with E-state index in [4.69, 9.17) is 18.9 Å². The second-order valence-corrected chi connectivity index (χ2v) is 9.28. The van der Waals surface area contributed by atoms with Crippen LogP contribution in [-0.4, -0.2) is 36.4 Å². The summed E-state index contributed by atoms with van der Waals surface area (Å²) in [6, 6.07) is 29.0. The number of ether oxygens (including phenoxy) is 4. The van der Waals surface area contributed by atoms with Gasteiger partial charge in [-0.3, -0.25) is 0 Å². The standard InChI is InChI=1S/C26H25N3O4S/c27-29-28-22-24(30-16-18-10-4-1-5-11-18)23-21(32-26(22)34-20-14-8-3-9-15-20)17-31-25(33-23)19-12-6-2-7-13-19/h1-15,21-26H,16-17H2/t21?,22?,23-,24-,25?,26+/m1/s1. The Morgan fingerprint density at radius 1 is 0.912 bits per heavy atom. The highest BCUT2D eigenvalue weighted by Crippen LogP contribution is 2.41. The Balaban J connectivity index is 1.43. The first-order valence-corrected chi connectivity index (χ1v) is 12.1. The zero-order chi connectivity index (χ0) is 23.2. The van der Waals surface area contributed by atoms with Crippen LogP contribution in [0.15, 0.2) is 101 Å². The molecule has 2 fully saturated rings. The lowest BCUT2D eigenvalue weighted by Gasteiger charge is -2.48. The van der Waals surface area contributed by atoms with Gasteiger partial charge in [0.25, 0.3) is 0 Å². The fourth-order valence-corrected chi connectivity index (χ4v) is 5.34. The minimum atomic E-state index is -0.588.